The van der Waals surface area contributed by atoms with Crippen LogP contribution in [-0.2, 0) is 0 Å². The van der Waals surface area contributed by atoms with Crippen LogP contribution in [0.1, 0.15) is 6.42 Å². The van der Waals surface area contributed by atoms with Crippen LogP contribution in [0.15, 0.2) is 30.6 Å². The number of benzene rings is 1. The van der Waals surface area contributed by atoms with Gasteiger partial charge in [0, 0.05) is 36.2 Å². The van der Waals surface area contributed by atoms with Crippen molar-refractivity contribution < 1.29 is 4.39 Å². The zero-order chi connectivity index (χ0) is 16.1. The molecule has 3 N–H and O–H groups in total. The van der Waals surface area contributed by atoms with Crippen molar-refractivity contribution >= 4 is 28.4 Å². The van der Waals surface area contributed by atoms with E-state index in [1.54, 1.807) is 6.20 Å². The topological polar surface area (TPSA) is 81.8 Å². The number of H-pyrrole nitrogens is 1. The number of hydrogen-bond acceptors (Lipinski definition) is 6. The summed E-state index contributed by atoms with van der Waals surface area (Å²) in [6.45, 7) is 1.73. The summed E-state index contributed by atoms with van der Waals surface area (Å²) in [5.74, 6) is 0.292. The molecular formula is C16H16FN7. The van der Waals surface area contributed by atoms with E-state index in [9.17, 15) is 4.39 Å². The normalized spacial score (nSPS) is 22.5. The quantitative estimate of drug-likeness (QED) is 0.681. The van der Waals surface area contributed by atoms with Crippen LogP contribution in [0, 0.1) is 5.82 Å². The Hall–Kier alpha value is -2.74. The Labute approximate surface area is 137 Å². The maximum Gasteiger partial charge on any atom is 0.227 e. The highest BCUT2D eigenvalue weighted by atomic mass is 19.1. The van der Waals surface area contributed by atoms with Crippen molar-refractivity contribution in [2.45, 2.75) is 18.5 Å². The fourth-order valence-electron chi connectivity index (χ4n) is 3.43. The average molecular weight is 325 g/mol. The smallest absolute Gasteiger partial charge is 0.227 e. The van der Waals surface area contributed by atoms with Gasteiger partial charge in [0.05, 0.1) is 17.9 Å². The zero-order valence-corrected chi connectivity index (χ0v) is 12.8. The number of rotatable bonds is 3. The number of nitrogens with one attached hydrogen (secondary N) is 3. The minimum atomic E-state index is -0.466. The van der Waals surface area contributed by atoms with Crippen LogP contribution in [-0.4, -0.2) is 45.3 Å². The number of aromatic amines is 1. The van der Waals surface area contributed by atoms with Gasteiger partial charge in [0.1, 0.15) is 0 Å². The van der Waals surface area contributed by atoms with Crippen molar-refractivity contribution in [2.24, 2.45) is 0 Å². The first-order valence-electron chi connectivity index (χ1n) is 7.98. The van der Waals surface area contributed by atoms with Crippen LogP contribution in [0.4, 0.5) is 21.8 Å². The first-order chi connectivity index (χ1) is 11.7. The molecule has 2 bridgehead atoms. The van der Waals surface area contributed by atoms with Gasteiger partial charge in [-0.3, -0.25) is 5.10 Å². The summed E-state index contributed by atoms with van der Waals surface area (Å²) in [5, 5.41) is 14.3. The molecule has 5 heterocycles. The minimum Gasteiger partial charge on any atom is -0.338 e. The lowest BCUT2D eigenvalue weighted by Gasteiger charge is -2.48. The average Bonchev–Trinajstić information content (AvgIpc) is 3.04. The molecule has 3 saturated heterocycles. The Morgan fingerprint density at radius 3 is 2.88 bits per heavy atom. The van der Waals surface area contributed by atoms with E-state index in [1.165, 1.54) is 12.6 Å². The Balaban J connectivity index is 1.43. The number of halogens is 1. The summed E-state index contributed by atoms with van der Waals surface area (Å²) in [6.07, 6.45) is 4.16. The highest BCUT2D eigenvalue weighted by molar-refractivity contribution is 5.82. The van der Waals surface area contributed by atoms with Gasteiger partial charge in [-0.15, -0.1) is 0 Å². The fourth-order valence-corrected chi connectivity index (χ4v) is 3.43. The lowest BCUT2D eigenvalue weighted by Crippen LogP contribution is -2.67. The predicted octanol–water partition coefficient (Wildman–Crippen LogP) is 1.79. The maximum absolute atomic E-state index is 14.1. The van der Waals surface area contributed by atoms with Crippen molar-refractivity contribution in [3.8, 4) is 0 Å². The van der Waals surface area contributed by atoms with Crippen LogP contribution < -0.4 is 15.5 Å². The van der Waals surface area contributed by atoms with E-state index in [-0.39, 0.29) is 5.82 Å². The van der Waals surface area contributed by atoms with Crippen LogP contribution in [0.5, 0.6) is 0 Å². The zero-order valence-electron chi connectivity index (χ0n) is 12.8. The molecule has 24 heavy (non-hydrogen) atoms. The molecule has 3 aliphatic heterocycles. The molecule has 2 atom stereocenters. The molecule has 3 aliphatic rings. The van der Waals surface area contributed by atoms with E-state index in [1.807, 2.05) is 18.2 Å². The maximum atomic E-state index is 14.1. The van der Waals surface area contributed by atoms with Gasteiger partial charge in [-0.1, -0.05) is 0 Å². The van der Waals surface area contributed by atoms with Crippen LogP contribution in [0.3, 0.4) is 0 Å². The van der Waals surface area contributed by atoms with E-state index in [4.69, 9.17) is 0 Å². The molecule has 0 radical (unpaired) electrons. The second-order valence-electron chi connectivity index (χ2n) is 6.36. The number of piperidine rings is 1. The van der Waals surface area contributed by atoms with Crippen LogP contribution in [0.25, 0.3) is 10.9 Å². The summed E-state index contributed by atoms with van der Waals surface area (Å²) >= 11 is 0. The molecule has 6 rings (SSSR count). The molecule has 3 aromatic rings. The number of anilines is 3. The number of aromatic nitrogens is 4. The Bertz CT molecular complexity index is 892. The van der Waals surface area contributed by atoms with E-state index >= 15 is 0 Å². The highest BCUT2D eigenvalue weighted by Gasteiger charge is 2.37. The van der Waals surface area contributed by atoms with E-state index < -0.39 is 5.82 Å². The minimum absolute atomic E-state index is 0.190. The largest absolute Gasteiger partial charge is 0.338 e. The first-order valence-corrected chi connectivity index (χ1v) is 7.98. The molecular weight excluding hydrogens is 309 g/mol. The lowest BCUT2D eigenvalue weighted by molar-refractivity contribution is 0.224. The molecule has 7 nitrogen and oxygen atoms in total. The molecule has 2 aromatic heterocycles. The van der Waals surface area contributed by atoms with Gasteiger partial charge >= 0.3 is 0 Å². The molecule has 0 spiro atoms. The summed E-state index contributed by atoms with van der Waals surface area (Å²) in [6, 6.07) is 6.66. The molecule has 0 aliphatic carbocycles. The standard InChI is InChI=1S/C16H16FN7/c17-13-6-18-16(24-7-11-4-12(8-24)20-11)22-15(13)21-10-1-2-14-9(3-10)5-19-23-14/h1-3,5-6,11-12,20H,4,7-8H2,(H,19,23)(H,18,21,22). The fraction of sp³-hybridized carbons (Fsp3) is 0.312. The van der Waals surface area contributed by atoms with E-state index in [2.05, 4.69) is 35.7 Å². The highest BCUT2D eigenvalue weighted by Crippen LogP contribution is 2.26. The number of nitrogens with zero attached hydrogens (tertiary/aromatic N) is 4. The third-order valence-electron chi connectivity index (χ3n) is 4.64. The molecule has 0 amide bonds. The van der Waals surface area contributed by atoms with Crippen molar-refractivity contribution in [1.29, 1.82) is 0 Å². The van der Waals surface area contributed by atoms with Gasteiger partial charge in [0.2, 0.25) is 5.95 Å². The Morgan fingerprint density at radius 1 is 1.21 bits per heavy atom. The van der Waals surface area contributed by atoms with Gasteiger partial charge in [-0.25, -0.2) is 9.37 Å². The summed E-state index contributed by atoms with van der Waals surface area (Å²) in [4.78, 5) is 10.7. The van der Waals surface area contributed by atoms with Crippen molar-refractivity contribution in [3.05, 3.63) is 36.4 Å². The molecule has 3 fully saturated rings. The second kappa shape index (κ2) is 5.13. The molecule has 0 saturated carbocycles. The van der Waals surface area contributed by atoms with Gasteiger partial charge in [0.15, 0.2) is 11.6 Å². The van der Waals surface area contributed by atoms with Crippen molar-refractivity contribution in [1.82, 2.24) is 25.5 Å². The Morgan fingerprint density at radius 2 is 2.04 bits per heavy atom. The van der Waals surface area contributed by atoms with E-state index in [0.29, 0.717) is 18.0 Å². The molecule has 1 aromatic carbocycles. The molecule has 122 valence electrons. The van der Waals surface area contributed by atoms with Gasteiger partial charge < -0.3 is 15.5 Å². The Kier molecular flexibility index (Phi) is 2.93. The van der Waals surface area contributed by atoms with E-state index in [0.717, 1.165) is 29.7 Å². The summed E-state index contributed by atoms with van der Waals surface area (Å²) < 4.78 is 14.1. The third-order valence-corrected chi connectivity index (χ3v) is 4.64. The summed E-state index contributed by atoms with van der Waals surface area (Å²) in [7, 11) is 0. The summed E-state index contributed by atoms with van der Waals surface area (Å²) in [5.41, 5.74) is 1.69. The van der Waals surface area contributed by atoms with Gasteiger partial charge in [-0.05, 0) is 24.6 Å². The van der Waals surface area contributed by atoms with Gasteiger partial charge in [0.25, 0.3) is 0 Å². The number of hydrogen-bond donors (Lipinski definition) is 3. The lowest BCUT2D eigenvalue weighted by atomic mass is 9.92. The number of piperazine rings is 1. The predicted molar refractivity (Wildman–Crippen MR) is 88.9 cm³/mol. The second-order valence-corrected chi connectivity index (χ2v) is 6.36. The third kappa shape index (κ3) is 2.26. The molecule has 2 unspecified atom stereocenters. The SMILES string of the molecule is Fc1cnc(N2CC3CC(C2)N3)nc1Nc1ccc2[nH]ncc2c1. The first kappa shape index (κ1) is 13.7. The van der Waals surface area contributed by atoms with Crippen molar-refractivity contribution in [2.75, 3.05) is 23.3 Å². The van der Waals surface area contributed by atoms with Crippen LogP contribution >= 0.6 is 0 Å². The van der Waals surface area contributed by atoms with Crippen molar-refractivity contribution in [3.63, 3.8) is 0 Å². The monoisotopic (exact) mass is 325 g/mol. The number of fused-ring (bicyclic) bond motifs is 3. The van der Waals surface area contributed by atoms with Gasteiger partial charge in [-0.2, -0.15) is 10.1 Å². The van der Waals surface area contributed by atoms with Crippen LogP contribution in [0.2, 0.25) is 0 Å². The molecule has 8 heteroatoms.